The Morgan fingerprint density at radius 2 is 2.25 bits per heavy atom. The van der Waals surface area contributed by atoms with Crippen molar-refractivity contribution in [3.63, 3.8) is 0 Å². The van der Waals surface area contributed by atoms with Crippen LogP contribution in [0.3, 0.4) is 0 Å². The Hall–Kier alpha value is -1.99. The number of nitrogens with two attached hydrogens (primary N) is 1. The monoisotopic (exact) mass is 289 g/mol. The van der Waals surface area contributed by atoms with Crippen molar-refractivity contribution in [2.45, 2.75) is 19.2 Å². The fourth-order valence-electron chi connectivity index (χ4n) is 2.45. The quantitative estimate of drug-likeness (QED) is 0.684. The average Bonchev–Trinajstić information content (AvgIpc) is 2.80. The van der Waals surface area contributed by atoms with Gasteiger partial charge in [0.15, 0.2) is 0 Å². The topological polar surface area (TPSA) is 70.1 Å². The maximum absolute atomic E-state index is 11.9. The highest BCUT2D eigenvalue weighted by atomic mass is 35.5. The van der Waals surface area contributed by atoms with Gasteiger partial charge >= 0.3 is 0 Å². The number of anilines is 1. The Balaban J connectivity index is 2.49. The van der Waals surface area contributed by atoms with E-state index < -0.39 is 0 Å². The number of nitrogen functional groups attached to an aromatic ring is 1. The van der Waals surface area contributed by atoms with Crippen LogP contribution in [-0.4, -0.2) is 23.9 Å². The van der Waals surface area contributed by atoms with Gasteiger partial charge in [-0.25, -0.2) is 0 Å². The molecule has 0 radical (unpaired) electrons. The fourth-order valence-corrected chi connectivity index (χ4v) is 2.74. The number of halogens is 1. The van der Waals surface area contributed by atoms with E-state index in [0.29, 0.717) is 24.3 Å². The van der Waals surface area contributed by atoms with Gasteiger partial charge < -0.3 is 10.6 Å². The summed E-state index contributed by atoms with van der Waals surface area (Å²) >= 11 is 5.96. The molecule has 0 aliphatic carbocycles. The second-order valence-corrected chi connectivity index (χ2v) is 5.00. The minimum atomic E-state index is -0.0197. The van der Waals surface area contributed by atoms with Gasteiger partial charge in [0.05, 0.1) is 17.5 Å². The van der Waals surface area contributed by atoms with Crippen molar-refractivity contribution in [1.82, 2.24) is 4.90 Å². The molecular weight excluding hydrogens is 274 g/mol. The normalized spacial score (nSPS) is 14.3. The zero-order chi connectivity index (χ0) is 14.7. The zero-order valence-electron chi connectivity index (χ0n) is 11.3. The highest BCUT2D eigenvalue weighted by Gasteiger charge is 2.25. The molecule has 2 N–H and O–H groups in total. The molecule has 0 aromatic heterocycles. The Morgan fingerprint density at radius 1 is 1.50 bits per heavy atom. The summed E-state index contributed by atoms with van der Waals surface area (Å²) in [5, 5.41) is 9.27. The molecule has 4 nitrogen and oxygen atoms in total. The molecule has 1 aromatic rings. The molecule has 1 aliphatic heterocycles. The third-order valence-corrected chi connectivity index (χ3v) is 3.66. The van der Waals surface area contributed by atoms with Crippen LogP contribution in [0.2, 0.25) is 0 Å². The second-order valence-electron chi connectivity index (χ2n) is 4.73. The first-order chi connectivity index (χ1) is 9.62. The maximum Gasteiger partial charge on any atom is 0.247 e. The first-order valence-corrected chi connectivity index (χ1v) is 7.03. The molecule has 0 saturated carbocycles. The molecule has 0 bridgehead atoms. The van der Waals surface area contributed by atoms with Crippen LogP contribution in [0.4, 0.5) is 5.69 Å². The largest absolute Gasteiger partial charge is 0.398 e. The summed E-state index contributed by atoms with van der Waals surface area (Å²) in [7, 11) is 0. The summed E-state index contributed by atoms with van der Waals surface area (Å²) in [6, 6.07) is 5.51. The Morgan fingerprint density at radius 3 is 2.85 bits per heavy atom. The van der Waals surface area contributed by atoms with Gasteiger partial charge in [-0.2, -0.15) is 5.26 Å². The molecule has 1 amide bonds. The van der Waals surface area contributed by atoms with Gasteiger partial charge in [0.2, 0.25) is 5.91 Å². The van der Waals surface area contributed by atoms with Crippen molar-refractivity contribution in [2.75, 3.05) is 18.8 Å². The first kappa shape index (κ1) is 14.4. The minimum absolute atomic E-state index is 0.0197. The number of carbonyl (C=O) groups excluding carboxylic acids is 1. The predicted octanol–water partition coefficient (Wildman–Crippen LogP) is 2.51. The molecule has 1 heterocycles. The molecule has 0 saturated heterocycles. The van der Waals surface area contributed by atoms with Crippen molar-refractivity contribution in [1.29, 1.82) is 5.26 Å². The molecule has 1 aromatic carbocycles. The Labute approximate surface area is 123 Å². The number of nitrogens with zero attached hydrogens (tertiary/aromatic N) is 2. The van der Waals surface area contributed by atoms with E-state index in [-0.39, 0.29) is 11.8 Å². The van der Waals surface area contributed by atoms with Crippen LogP contribution in [0, 0.1) is 11.3 Å². The van der Waals surface area contributed by atoms with Crippen LogP contribution in [0.15, 0.2) is 18.2 Å². The third-order valence-electron chi connectivity index (χ3n) is 3.39. The van der Waals surface area contributed by atoms with Crippen LogP contribution in [-0.2, 0) is 10.7 Å². The van der Waals surface area contributed by atoms with Crippen molar-refractivity contribution < 1.29 is 4.79 Å². The van der Waals surface area contributed by atoms with Gasteiger partial charge in [0, 0.05) is 30.4 Å². The smallest absolute Gasteiger partial charge is 0.247 e. The van der Waals surface area contributed by atoms with Crippen LogP contribution < -0.4 is 5.73 Å². The van der Waals surface area contributed by atoms with Crippen molar-refractivity contribution in [2.24, 2.45) is 0 Å². The Kier molecular flexibility index (Phi) is 4.31. The maximum atomic E-state index is 11.9. The summed E-state index contributed by atoms with van der Waals surface area (Å²) in [4.78, 5) is 13.7. The molecule has 20 heavy (non-hydrogen) atoms. The number of nitriles is 1. The predicted molar refractivity (Wildman–Crippen MR) is 80.0 cm³/mol. The lowest BCUT2D eigenvalue weighted by Gasteiger charge is -2.17. The van der Waals surface area contributed by atoms with Crippen LogP contribution >= 0.6 is 11.6 Å². The molecule has 0 atom stereocenters. The molecule has 2 rings (SSSR count). The second kappa shape index (κ2) is 5.98. The van der Waals surface area contributed by atoms with E-state index in [9.17, 15) is 10.1 Å². The van der Waals surface area contributed by atoms with Gasteiger partial charge in [-0.05, 0) is 29.7 Å². The summed E-state index contributed by atoms with van der Waals surface area (Å²) < 4.78 is 0. The molecule has 5 heteroatoms. The van der Waals surface area contributed by atoms with E-state index in [4.69, 9.17) is 17.3 Å². The fraction of sp³-hybridized carbons (Fsp3) is 0.333. The van der Waals surface area contributed by atoms with E-state index in [0.717, 1.165) is 23.1 Å². The number of hydrogen-bond acceptors (Lipinski definition) is 3. The van der Waals surface area contributed by atoms with Gasteiger partial charge in [-0.15, -0.1) is 11.6 Å². The van der Waals surface area contributed by atoms with Crippen LogP contribution in [0.25, 0.3) is 5.57 Å². The molecular formula is C15H16ClN3O. The van der Waals surface area contributed by atoms with E-state index in [2.05, 4.69) is 6.07 Å². The lowest BCUT2D eigenvalue weighted by Crippen LogP contribution is -2.26. The lowest BCUT2D eigenvalue weighted by molar-refractivity contribution is -0.124. The summed E-state index contributed by atoms with van der Waals surface area (Å²) in [6.45, 7) is 3.24. The highest BCUT2D eigenvalue weighted by molar-refractivity contribution is 6.18. The van der Waals surface area contributed by atoms with Crippen molar-refractivity contribution >= 4 is 28.8 Å². The van der Waals surface area contributed by atoms with E-state index in [1.54, 1.807) is 23.1 Å². The number of amides is 1. The molecule has 104 valence electrons. The lowest BCUT2D eigenvalue weighted by atomic mass is 9.94. The number of alkyl halides is 1. The van der Waals surface area contributed by atoms with E-state index in [1.807, 2.05) is 6.92 Å². The summed E-state index contributed by atoms with van der Waals surface area (Å²) in [5.41, 5.74) is 9.25. The minimum Gasteiger partial charge on any atom is -0.398 e. The number of carbonyl (C=O) groups is 1. The third kappa shape index (κ3) is 2.50. The van der Waals surface area contributed by atoms with Crippen molar-refractivity contribution in [3.05, 3.63) is 34.9 Å². The molecule has 0 spiro atoms. The highest BCUT2D eigenvalue weighted by Crippen LogP contribution is 2.32. The van der Waals surface area contributed by atoms with E-state index in [1.165, 1.54) is 0 Å². The molecule has 0 fully saturated rings. The number of hydrogen-bond donors (Lipinski definition) is 1. The Bertz CT molecular complexity index is 616. The standard InChI is InChI=1S/C15H16ClN3O/c1-2-5-19-9-11(6-14(19)20)15-10(8-17)3-4-13(18)12(15)7-16/h3-4,6H,2,5,7,9,18H2,1H3. The van der Waals surface area contributed by atoms with Crippen LogP contribution in [0.5, 0.6) is 0 Å². The van der Waals surface area contributed by atoms with E-state index >= 15 is 0 Å². The van der Waals surface area contributed by atoms with Crippen molar-refractivity contribution in [3.8, 4) is 6.07 Å². The summed E-state index contributed by atoms with van der Waals surface area (Å²) in [6.07, 6.45) is 2.48. The first-order valence-electron chi connectivity index (χ1n) is 6.49. The van der Waals surface area contributed by atoms with Gasteiger partial charge in [0.25, 0.3) is 0 Å². The van der Waals surface area contributed by atoms with Gasteiger partial charge in [0.1, 0.15) is 0 Å². The average molecular weight is 290 g/mol. The van der Waals surface area contributed by atoms with Gasteiger partial charge in [-0.3, -0.25) is 4.79 Å². The van der Waals surface area contributed by atoms with Crippen LogP contribution in [0.1, 0.15) is 30.0 Å². The molecule has 0 unspecified atom stereocenters. The number of rotatable bonds is 4. The SMILES string of the molecule is CCCN1CC(c2c(C#N)ccc(N)c2CCl)=CC1=O. The number of benzene rings is 1. The zero-order valence-corrected chi connectivity index (χ0v) is 12.1. The summed E-state index contributed by atoms with van der Waals surface area (Å²) in [5.74, 6) is 0.199. The molecule has 1 aliphatic rings. The van der Waals surface area contributed by atoms with Gasteiger partial charge in [-0.1, -0.05) is 6.92 Å².